The van der Waals surface area contributed by atoms with Gasteiger partial charge in [-0.15, -0.1) is 0 Å². The van der Waals surface area contributed by atoms with Crippen LogP contribution in [0.25, 0.3) is 5.69 Å². The maximum Gasteiger partial charge on any atom is 0.369 e. The molecule has 1 N–H and O–H groups in total. The molecule has 3 aromatic rings. The quantitative estimate of drug-likeness (QED) is 0.591. The summed E-state index contributed by atoms with van der Waals surface area (Å²) in [5.41, 5.74) is 1.43. The zero-order valence-electron chi connectivity index (χ0n) is 17.3. The minimum absolute atomic E-state index is 0.0535. The van der Waals surface area contributed by atoms with E-state index in [0.717, 1.165) is 13.7 Å². The van der Waals surface area contributed by atoms with Crippen molar-refractivity contribution in [2.45, 2.75) is 25.3 Å². The molecule has 0 aliphatic heterocycles. The number of aryl methyl sites for hydroxylation is 1. The molecule has 31 heavy (non-hydrogen) atoms. The summed E-state index contributed by atoms with van der Waals surface area (Å²) in [4.78, 5) is 25.2. The van der Waals surface area contributed by atoms with Crippen LogP contribution in [-0.4, -0.2) is 52.5 Å². The van der Waals surface area contributed by atoms with Crippen LogP contribution in [-0.2, 0) is 21.4 Å². The number of carbonyl (C=O) groups excluding carboxylic acids is 1. The van der Waals surface area contributed by atoms with Gasteiger partial charge in [-0.2, -0.15) is 9.36 Å². The van der Waals surface area contributed by atoms with Gasteiger partial charge in [0.25, 0.3) is 0 Å². The van der Waals surface area contributed by atoms with Crippen molar-refractivity contribution in [3.8, 4) is 5.69 Å². The average molecular weight is 465 g/mol. The number of tetrazole rings is 1. The number of anilines is 1. The number of sulfonamides is 1. The lowest BCUT2D eigenvalue weighted by Gasteiger charge is -2.16. The molecule has 12 heteroatoms. The van der Waals surface area contributed by atoms with Crippen LogP contribution in [0.1, 0.15) is 11.1 Å². The third kappa shape index (κ3) is 4.53. The van der Waals surface area contributed by atoms with Crippen LogP contribution in [0, 0.1) is 13.8 Å². The Bertz CT molecular complexity index is 1310. The summed E-state index contributed by atoms with van der Waals surface area (Å²) >= 11 is 6.09. The normalized spacial score (nSPS) is 11.7. The molecule has 0 unspecified atom stereocenters. The van der Waals surface area contributed by atoms with Crippen molar-refractivity contribution in [1.29, 1.82) is 0 Å². The lowest BCUT2D eigenvalue weighted by atomic mass is 10.1. The number of amides is 1. The van der Waals surface area contributed by atoms with Crippen molar-refractivity contribution in [3.63, 3.8) is 0 Å². The third-order valence-corrected chi connectivity index (χ3v) is 6.82. The Kier molecular flexibility index (Phi) is 6.30. The van der Waals surface area contributed by atoms with Gasteiger partial charge in [-0.1, -0.05) is 23.7 Å². The number of benzene rings is 2. The van der Waals surface area contributed by atoms with E-state index in [1.54, 1.807) is 44.2 Å². The number of hydrogen-bond acceptors (Lipinski definition) is 6. The molecule has 164 valence electrons. The Morgan fingerprint density at radius 2 is 1.84 bits per heavy atom. The lowest BCUT2D eigenvalue weighted by molar-refractivity contribution is -0.117. The number of nitrogens with zero attached hydrogens (tertiary/aromatic N) is 5. The molecule has 1 aromatic heterocycles. The summed E-state index contributed by atoms with van der Waals surface area (Å²) < 4.78 is 27.9. The van der Waals surface area contributed by atoms with Crippen molar-refractivity contribution >= 4 is 33.2 Å². The predicted molar refractivity (Wildman–Crippen MR) is 116 cm³/mol. The van der Waals surface area contributed by atoms with E-state index in [2.05, 4.69) is 15.7 Å². The highest BCUT2D eigenvalue weighted by atomic mass is 35.5. The second kappa shape index (κ2) is 8.61. The number of aromatic nitrogens is 4. The summed E-state index contributed by atoms with van der Waals surface area (Å²) in [7, 11) is -0.827. The molecule has 0 saturated carbocycles. The molecule has 0 spiro atoms. The molecule has 0 aliphatic carbocycles. The van der Waals surface area contributed by atoms with E-state index in [0.29, 0.717) is 27.5 Å². The zero-order chi connectivity index (χ0) is 22.9. The van der Waals surface area contributed by atoms with Gasteiger partial charge in [0.2, 0.25) is 15.9 Å². The maximum atomic E-state index is 12.6. The highest BCUT2D eigenvalue weighted by Crippen LogP contribution is 2.25. The van der Waals surface area contributed by atoms with Crippen molar-refractivity contribution in [2.75, 3.05) is 19.4 Å². The van der Waals surface area contributed by atoms with Gasteiger partial charge in [0.15, 0.2) is 0 Å². The first kappa shape index (κ1) is 22.7. The largest absolute Gasteiger partial charge is 0.369 e. The molecule has 1 amide bonds. The summed E-state index contributed by atoms with van der Waals surface area (Å²) in [6, 6.07) is 9.54. The Morgan fingerprint density at radius 1 is 1.16 bits per heavy atom. The molecule has 0 bridgehead atoms. The molecule has 0 aliphatic rings. The topological polar surface area (TPSA) is 119 Å². The Balaban J connectivity index is 1.86. The Morgan fingerprint density at radius 3 is 2.48 bits per heavy atom. The van der Waals surface area contributed by atoms with Crippen LogP contribution < -0.4 is 11.0 Å². The van der Waals surface area contributed by atoms with Crippen molar-refractivity contribution in [3.05, 3.63) is 63.0 Å². The fraction of sp³-hybridized carbons (Fsp3) is 0.263. The van der Waals surface area contributed by atoms with Gasteiger partial charge >= 0.3 is 5.69 Å². The van der Waals surface area contributed by atoms with E-state index in [9.17, 15) is 18.0 Å². The fourth-order valence-electron chi connectivity index (χ4n) is 2.79. The van der Waals surface area contributed by atoms with Crippen molar-refractivity contribution in [1.82, 2.24) is 24.1 Å². The number of halogens is 1. The lowest BCUT2D eigenvalue weighted by Crippen LogP contribution is -2.30. The number of nitrogens with one attached hydrogen (secondary N) is 1. The number of carbonyl (C=O) groups is 1. The first-order chi connectivity index (χ1) is 14.5. The van der Waals surface area contributed by atoms with Gasteiger partial charge < -0.3 is 5.32 Å². The highest BCUT2D eigenvalue weighted by molar-refractivity contribution is 7.89. The minimum Gasteiger partial charge on any atom is -0.324 e. The van der Waals surface area contributed by atoms with Crippen LogP contribution >= 0.6 is 11.6 Å². The summed E-state index contributed by atoms with van der Waals surface area (Å²) in [6.07, 6.45) is 0. The average Bonchev–Trinajstić information content (AvgIpc) is 3.05. The van der Waals surface area contributed by atoms with E-state index in [-0.39, 0.29) is 4.90 Å². The summed E-state index contributed by atoms with van der Waals surface area (Å²) in [5, 5.41) is 10.5. The summed E-state index contributed by atoms with van der Waals surface area (Å²) in [6.45, 7) is 3.10. The molecule has 0 radical (unpaired) electrons. The minimum atomic E-state index is -3.68. The van der Waals surface area contributed by atoms with Gasteiger partial charge in [0, 0.05) is 19.8 Å². The van der Waals surface area contributed by atoms with Crippen LogP contribution in [0.2, 0.25) is 5.02 Å². The van der Waals surface area contributed by atoms with Gasteiger partial charge in [-0.05, 0) is 59.7 Å². The highest BCUT2D eigenvalue weighted by Gasteiger charge is 2.21. The van der Waals surface area contributed by atoms with Crippen molar-refractivity contribution in [2.24, 2.45) is 0 Å². The number of rotatable bonds is 6. The molecule has 0 saturated heterocycles. The zero-order valence-corrected chi connectivity index (χ0v) is 18.9. The standard InChI is InChI=1S/C19H21ClN6O4S/c1-12-9-14(31(29,30)24(3)4)10-16(13(12)2)21-18(27)11-25-19(28)26(23-22-25)17-8-6-5-7-15(17)20/h5-10H,11H2,1-4H3,(H,21,27). The molecule has 2 aromatic carbocycles. The van der Waals surface area contributed by atoms with Gasteiger partial charge in [0.05, 0.1) is 15.6 Å². The second-order valence-electron chi connectivity index (χ2n) is 7.03. The van der Waals surface area contributed by atoms with E-state index >= 15 is 0 Å². The van der Waals surface area contributed by atoms with Crippen LogP contribution in [0.5, 0.6) is 0 Å². The van der Waals surface area contributed by atoms with Crippen LogP contribution in [0.15, 0.2) is 46.1 Å². The van der Waals surface area contributed by atoms with Crippen LogP contribution in [0.3, 0.4) is 0 Å². The number of hydrogen-bond donors (Lipinski definition) is 1. The van der Waals surface area contributed by atoms with E-state index < -0.39 is 28.2 Å². The van der Waals surface area contributed by atoms with Gasteiger partial charge in [-0.25, -0.2) is 17.5 Å². The molecule has 3 rings (SSSR count). The maximum absolute atomic E-state index is 12.6. The van der Waals surface area contributed by atoms with E-state index in [4.69, 9.17) is 11.6 Å². The smallest absolute Gasteiger partial charge is 0.324 e. The SMILES string of the molecule is Cc1cc(S(=O)(=O)N(C)C)cc(NC(=O)Cn2nnn(-c3ccccc3Cl)c2=O)c1C. The monoisotopic (exact) mass is 464 g/mol. The van der Waals surface area contributed by atoms with Gasteiger partial charge in [0.1, 0.15) is 6.54 Å². The first-order valence-electron chi connectivity index (χ1n) is 9.13. The molecular weight excluding hydrogens is 444 g/mol. The molecule has 0 fully saturated rings. The van der Waals surface area contributed by atoms with E-state index in [1.807, 2.05) is 0 Å². The number of para-hydroxylation sites is 1. The molecule has 0 atom stereocenters. The van der Waals surface area contributed by atoms with Crippen LogP contribution in [0.4, 0.5) is 5.69 Å². The fourth-order valence-corrected chi connectivity index (χ4v) is 4.02. The third-order valence-electron chi connectivity index (χ3n) is 4.71. The summed E-state index contributed by atoms with van der Waals surface area (Å²) in [5.74, 6) is -0.560. The van der Waals surface area contributed by atoms with Crippen molar-refractivity contribution < 1.29 is 13.2 Å². The Hall–Kier alpha value is -3.02. The van der Waals surface area contributed by atoms with E-state index in [1.165, 1.54) is 20.2 Å². The molecular formula is C19H21ClN6O4S. The van der Waals surface area contributed by atoms with Gasteiger partial charge in [-0.3, -0.25) is 4.79 Å². The second-order valence-corrected chi connectivity index (χ2v) is 9.59. The molecule has 1 heterocycles. The Labute approximate surface area is 184 Å². The first-order valence-corrected chi connectivity index (χ1v) is 11.0. The molecule has 10 nitrogen and oxygen atoms in total. The predicted octanol–water partition coefficient (Wildman–Crippen LogP) is 1.59.